The molecule has 0 radical (unpaired) electrons. The maximum Gasteiger partial charge on any atom is 0.258 e. The molecule has 8 nitrogen and oxygen atoms in total. The molecular weight excluding hydrogens is 492 g/mol. The molecule has 0 fully saturated rings. The van der Waals surface area contributed by atoms with E-state index in [1.807, 2.05) is 24.3 Å². The first-order chi connectivity index (χ1) is 18.4. The van der Waals surface area contributed by atoms with Crippen molar-refractivity contribution in [1.29, 1.82) is 0 Å². The molecule has 0 saturated carbocycles. The second kappa shape index (κ2) is 10.8. The van der Waals surface area contributed by atoms with Crippen molar-refractivity contribution < 1.29 is 22.8 Å². The van der Waals surface area contributed by atoms with Gasteiger partial charge in [0.2, 0.25) is 5.95 Å². The number of rotatable bonds is 8. The molecule has 0 aliphatic carbocycles. The normalized spacial score (nSPS) is 10.7. The molecule has 1 amide bonds. The Bertz CT molecular complexity index is 1620. The molecule has 0 unspecified atom stereocenters. The highest BCUT2D eigenvalue weighted by Gasteiger charge is 2.15. The van der Waals surface area contributed by atoms with Gasteiger partial charge in [0.1, 0.15) is 11.6 Å². The number of Topliss-reactive ketones (excluding diaryl/α,β-unsaturated/α-hetero) is 1. The van der Waals surface area contributed by atoms with Crippen LogP contribution < -0.4 is 10.6 Å². The summed E-state index contributed by atoms with van der Waals surface area (Å²) >= 11 is 0. The van der Waals surface area contributed by atoms with Gasteiger partial charge in [0.05, 0.1) is 23.9 Å². The summed E-state index contributed by atoms with van der Waals surface area (Å²) in [5.74, 6) is -1.74. The minimum absolute atomic E-state index is 0.0226. The van der Waals surface area contributed by atoms with E-state index in [1.54, 1.807) is 36.7 Å². The summed E-state index contributed by atoms with van der Waals surface area (Å²) in [4.78, 5) is 37.9. The summed E-state index contributed by atoms with van der Waals surface area (Å²) in [7, 11) is 0. The van der Waals surface area contributed by atoms with E-state index in [-0.39, 0.29) is 17.9 Å². The maximum atomic E-state index is 13.9. The number of anilines is 3. The van der Waals surface area contributed by atoms with Gasteiger partial charge in [-0.15, -0.1) is 0 Å². The molecule has 188 valence electrons. The van der Waals surface area contributed by atoms with Crippen molar-refractivity contribution in [2.75, 3.05) is 10.6 Å². The molecule has 0 bridgehead atoms. The highest BCUT2D eigenvalue weighted by atomic mass is 19.1. The van der Waals surface area contributed by atoms with Crippen molar-refractivity contribution in [3.05, 3.63) is 120 Å². The van der Waals surface area contributed by atoms with Crippen LogP contribution in [0.5, 0.6) is 0 Å². The number of nitrogens with zero attached hydrogens (tertiary/aromatic N) is 3. The van der Waals surface area contributed by atoms with E-state index in [0.29, 0.717) is 23.0 Å². The second-order valence-corrected chi connectivity index (χ2v) is 8.20. The molecular formula is C28H19F2N5O3. The van der Waals surface area contributed by atoms with E-state index in [9.17, 15) is 18.4 Å². The third-order valence-corrected chi connectivity index (χ3v) is 5.51. The first kappa shape index (κ1) is 24.4. The van der Waals surface area contributed by atoms with Crippen molar-refractivity contribution in [3.8, 4) is 11.3 Å². The Kier molecular flexibility index (Phi) is 6.94. The molecule has 5 aromatic rings. The first-order valence-electron chi connectivity index (χ1n) is 11.4. The molecule has 0 atom stereocenters. The number of nitrogens with one attached hydrogen (secondary N) is 2. The number of hydrogen-bond acceptors (Lipinski definition) is 7. The van der Waals surface area contributed by atoms with Crippen molar-refractivity contribution in [2.24, 2.45) is 0 Å². The van der Waals surface area contributed by atoms with Gasteiger partial charge in [0.15, 0.2) is 17.9 Å². The highest BCUT2D eigenvalue weighted by molar-refractivity contribution is 6.05. The number of amides is 1. The Hall–Kier alpha value is -5.25. The molecule has 2 N–H and O–H groups in total. The fraction of sp³-hybridized carbons (Fsp3) is 0.0357. The van der Waals surface area contributed by atoms with Gasteiger partial charge in [-0.1, -0.05) is 24.3 Å². The van der Waals surface area contributed by atoms with E-state index in [0.717, 1.165) is 29.4 Å². The van der Waals surface area contributed by atoms with E-state index in [1.165, 1.54) is 12.5 Å². The minimum Gasteiger partial charge on any atom is -0.444 e. The lowest BCUT2D eigenvalue weighted by molar-refractivity contribution is 0.0988. The lowest BCUT2D eigenvalue weighted by Crippen LogP contribution is -2.15. The van der Waals surface area contributed by atoms with Gasteiger partial charge in [0, 0.05) is 28.7 Å². The molecule has 3 aromatic carbocycles. The number of aromatic nitrogens is 3. The predicted molar refractivity (Wildman–Crippen MR) is 136 cm³/mol. The minimum atomic E-state index is -0.853. The van der Waals surface area contributed by atoms with E-state index >= 15 is 0 Å². The quantitative estimate of drug-likeness (QED) is 0.252. The summed E-state index contributed by atoms with van der Waals surface area (Å²) < 4.78 is 32.7. The van der Waals surface area contributed by atoms with Crippen LogP contribution in [0.3, 0.4) is 0 Å². The number of carbonyl (C=O) groups is 2. The number of hydrogen-bond donors (Lipinski definition) is 2. The first-order valence-corrected chi connectivity index (χ1v) is 11.4. The average molecular weight is 511 g/mol. The highest BCUT2D eigenvalue weighted by Crippen LogP contribution is 2.23. The number of benzene rings is 3. The summed E-state index contributed by atoms with van der Waals surface area (Å²) in [6.45, 7) is 0. The van der Waals surface area contributed by atoms with Gasteiger partial charge < -0.3 is 15.1 Å². The third-order valence-electron chi connectivity index (χ3n) is 5.51. The van der Waals surface area contributed by atoms with Crippen LogP contribution in [0.25, 0.3) is 11.3 Å². The van der Waals surface area contributed by atoms with Gasteiger partial charge in [-0.05, 0) is 48.5 Å². The van der Waals surface area contributed by atoms with Crippen LogP contribution in [-0.4, -0.2) is 26.6 Å². The van der Waals surface area contributed by atoms with Crippen LogP contribution in [0.4, 0.5) is 26.1 Å². The molecule has 0 aliphatic heterocycles. The smallest absolute Gasteiger partial charge is 0.258 e. The Morgan fingerprint density at radius 2 is 1.76 bits per heavy atom. The van der Waals surface area contributed by atoms with E-state index < -0.39 is 23.1 Å². The summed E-state index contributed by atoms with van der Waals surface area (Å²) in [6.07, 6.45) is 4.49. The SMILES string of the molecule is O=C(Cc1ccnc(Nc2cccc(-c3cnco3)c2)n1)c1cccc(NC(=O)c2cc(F)ccc2F)c1. The zero-order valence-electron chi connectivity index (χ0n) is 19.7. The van der Waals surface area contributed by atoms with Crippen LogP contribution in [0, 0.1) is 11.6 Å². The molecule has 10 heteroatoms. The molecule has 0 saturated heterocycles. The standard InChI is InChI=1S/C28H19F2N5O3/c29-19-7-8-24(30)23(13-19)27(37)33-20-5-1-3-17(11-20)25(36)14-22-9-10-32-28(35-22)34-21-6-2-4-18(12-21)26-15-31-16-38-26/h1-13,15-16H,14H2,(H,33,37)(H,32,34,35). The fourth-order valence-corrected chi connectivity index (χ4v) is 3.70. The lowest BCUT2D eigenvalue weighted by Gasteiger charge is -2.09. The monoisotopic (exact) mass is 511 g/mol. The Morgan fingerprint density at radius 1 is 0.921 bits per heavy atom. The molecule has 5 rings (SSSR count). The zero-order chi connectivity index (χ0) is 26.5. The van der Waals surface area contributed by atoms with Crippen LogP contribution in [0.15, 0.2) is 96.0 Å². The number of carbonyl (C=O) groups excluding carboxylic acids is 2. The molecule has 2 aromatic heterocycles. The van der Waals surface area contributed by atoms with Crippen LogP contribution in [0.1, 0.15) is 26.4 Å². The molecule has 0 aliphatic rings. The van der Waals surface area contributed by atoms with Crippen molar-refractivity contribution in [2.45, 2.75) is 6.42 Å². The third kappa shape index (κ3) is 5.76. The number of oxazole rings is 1. The molecule has 0 spiro atoms. The zero-order valence-corrected chi connectivity index (χ0v) is 19.7. The summed E-state index contributed by atoms with van der Waals surface area (Å²) in [5, 5.41) is 5.61. The van der Waals surface area contributed by atoms with Crippen LogP contribution in [-0.2, 0) is 6.42 Å². The molecule has 38 heavy (non-hydrogen) atoms. The van der Waals surface area contributed by atoms with E-state index in [2.05, 4.69) is 25.6 Å². The average Bonchev–Trinajstić information content (AvgIpc) is 3.46. The van der Waals surface area contributed by atoms with Gasteiger partial charge in [-0.25, -0.2) is 23.7 Å². The Labute approximate surface area is 215 Å². The van der Waals surface area contributed by atoms with Gasteiger partial charge in [-0.3, -0.25) is 9.59 Å². The van der Waals surface area contributed by atoms with Gasteiger partial charge in [0.25, 0.3) is 5.91 Å². The maximum absolute atomic E-state index is 13.9. The topological polar surface area (TPSA) is 110 Å². The van der Waals surface area contributed by atoms with Crippen LogP contribution >= 0.6 is 0 Å². The van der Waals surface area contributed by atoms with Crippen molar-refractivity contribution in [1.82, 2.24) is 15.0 Å². The lowest BCUT2D eigenvalue weighted by atomic mass is 10.1. The van der Waals surface area contributed by atoms with Gasteiger partial charge >= 0.3 is 0 Å². The number of ketones is 1. The largest absolute Gasteiger partial charge is 0.444 e. The van der Waals surface area contributed by atoms with Crippen LogP contribution in [0.2, 0.25) is 0 Å². The predicted octanol–water partition coefficient (Wildman–Crippen LogP) is 5.83. The van der Waals surface area contributed by atoms with Gasteiger partial charge in [-0.2, -0.15) is 0 Å². The van der Waals surface area contributed by atoms with Crippen molar-refractivity contribution in [3.63, 3.8) is 0 Å². The fourth-order valence-electron chi connectivity index (χ4n) is 3.70. The Balaban J connectivity index is 1.27. The van der Waals surface area contributed by atoms with E-state index in [4.69, 9.17) is 4.42 Å². The van der Waals surface area contributed by atoms with Crippen molar-refractivity contribution >= 4 is 29.0 Å². The summed E-state index contributed by atoms with van der Waals surface area (Å²) in [5.41, 5.74) is 2.17. The summed E-state index contributed by atoms with van der Waals surface area (Å²) in [6, 6.07) is 17.9. The number of halogens is 2. The Morgan fingerprint density at radius 3 is 2.61 bits per heavy atom. The second-order valence-electron chi connectivity index (χ2n) is 8.20. The molecule has 2 heterocycles.